The standard InChI is InChI=1S/C14H20BrClO4S/c1-5-19-12-7-10(11(16)8-13(12)20-6-2)14(15)9(3)21(4,17)18/h7-9,14H,5-6H2,1-4H3. The normalized spacial score (nSPS) is 14.6. The molecule has 0 radical (unpaired) electrons. The molecule has 0 N–H and O–H groups in total. The highest BCUT2D eigenvalue weighted by Gasteiger charge is 2.28. The number of rotatable bonds is 7. The van der Waals surface area contributed by atoms with Gasteiger partial charge in [-0.3, -0.25) is 0 Å². The first-order valence-electron chi connectivity index (χ1n) is 6.64. The zero-order valence-electron chi connectivity index (χ0n) is 12.5. The summed E-state index contributed by atoms with van der Waals surface area (Å²) in [6.45, 7) is 6.36. The molecule has 1 aromatic rings. The second-order valence-electron chi connectivity index (χ2n) is 4.62. The van der Waals surface area contributed by atoms with Crippen LogP contribution in [0.2, 0.25) is 5.02 Å². The Bertz CT molecular complexity index is 589. The van der Waals surface area contributed by atoms with Crippen LogP contribution in [0, 0.1) is 0 Å². The van der Waals surface area contributed by atoms with Crippen LogP contribution in [0.4, 0.5) is 0 Å². The number of hydrogen-bond donors (Lipinski definition) is 0. The highest BCUT2D eigenvalue weighted by atomic mass is 79.9. The van der Waals surface area contributed by atoms with E-state index >= 15 is 0 Å². The lowest BCUT2D eigenvalue weighted by atomic mass is 10.1. The van der Waals surface area contributed by atoms with Gasteiger partial charge in [0.1, 0.15) is 0 Å². The monoisotopic (exact) mass is 398 g/mol. The van der Waals surface area contributed by atoms with Crippen LogP contribution in [0.3, 0.4) is 0 Å². The highest BCUT2D eigenvalue weighted by Crippen LogP contribution is 2.41. The third-order valence-corrected chi connectivity index (χ3v) is 6.63. The van der Waals surface area contributed by atoms with Gasteiger partial charge in [0.25, 0.3) is 0 Å². The summed E-state index contributed by atoms with van der Waals surface area (Å²) in [5, 5.41) is -0.165. The Balaban J connectivity index is 3.27. The SMILES string of the molecule is CCOc1cc(Cl)c(C(Br)C(C)S(C)(=O)=O)cc1OCC. The van der Waals surface area contributed by atoms with E-state index in [1.165, 1.54) is 6.26 Å². The van der Waals surface area contributed by atoms with Crippen LogP contribution in [0.1, 0.15) is 31.2 Å². The van der Waals surface area contributed by atoms with Gasteiger partial charge in [-0.05, 0) is 32.4 Å². The Kier molecular flexibility index (Phi) is 6.81. The summed E-state index contributed by atoms with van der Waals surface area (Å²) in [5.41, 5.74) is 0.668. The van der Waals surface area contributed by atoms with E-state index in [-0.39, 0.29) is 0 Å². The van der Waals surface area contributed by atoms with E-state index in [2.05, 4.69) is 15.9 Å². The van der Waals surface area contributed by atoms with Crippen molar-refractivity contribution >= 4 is 37.4 Å². The molecule has 120 valence electrons. The van der Waals surface area contributed by atoms with Crippen molar-refractivity contribution < 1.29 is 17.9 Å². The smallest absolute Gasteiger partial charge is 0.162 e. The molecule has 1 rings (SSSR count). The maximum absolute atomic E-state index is 11.7. The van der Waals surface area contributed by atoms with Crippen molar-refractivity contribution in [3.63, 3.8) is 0 Å². The van der Waals surface area contributed by atoms with Gasteiger partial charge >= 0.3 is 0 Å². The minimum Gasteiger partial charge on any atom is -0.490 e. The van der Waals surface area contributed by atoms with Crippen molar-refractivity contribution in [1.82, 2.24) is 0 Å². The van der Waals surface area contributed by atoms with E-state index in [4.69, 9.17) is 21.1 Å². The first-order chi connectivity index (χ1) is 9.72. The van der Waals surface area contributed by atoms with Gasteiger partial charge in [-0.15, -0.1) is 0 Å². The summed E-state index contributed by atoms with van der Waals surface area (Å²) >= 11 is 9.69. The predicted octanol–water partition coefficient (Wildman–Crippen LogP) is 4.01. The van der Waals surface area contributed by atoms with Crippen molar-refractivity contribution in [2.75, 3.05) is 19.5 Å². The quantitative estimate of drug-likeness (QED) is 0.650. The van der Waals surface area contributed by atoms with Gasteiger partial charge in [0, 0.05) is 17.3 Å². The van der Waals surface area contributed by atoms with Crippen LogP contribution < -0.4 is 9.47 Å². The number of hydrogen-bond acceptors (Lipinski definition) is 4. The molecule has 0 saturated heterocycles. The summed E-state index contributed by atoms with van der Waals surface area (Å²) in [6.07, 6.45) is 1.21. The van der Waals surface area contributed by atoms with Crippen molar-refractivity contribution in [3.05, 3.63) is 22.7 Å². The van der Waals surface area contributed by atoms with E-state index in [1.54, 1.807) is 19.1 Å². The summed E-state index contributed by atoms with van der Waals surface area (Å²) in [5.74, 6) is 1.11. The topological polar surface area (TPSA) is 52.6 Å². The number of halogens is 2. The molecule has 0 aromatic heterocycles. The first kappa shape index (κ1) is 18.6. The zero-order valence-corrected chi connectivity index (χ0v) is 15.7. The Morgan fingerprint density at radius 2 is 1.67 bits per heavy atom. The van der Waals surface area contributed by atoms with Gasteiger partial charge in [0.05, 0.1) is 23.3 Å². The molecule has 0 amide bonds. The van der Waals surface area contributed by atoms with E-state index in [9.17, 15) is 8.42 Å². The molecule has 0 aliphatic rings. The number of ether oxygens (including phenoxy) is 2. The van der Waals surface area contributed by atoms with Crippen LogP contribution in [0.15, 0.2) is 12.1 Å². The zero-order chi connectivity index (χ0) is 16.2. The molecule has 1 aromatic carbocycles. The third kappa shape index (κ3) is 4.76. The van der Waals surface area contributed by atoms with Crippen LogP contribution >= 0.6 is 27.5 Å². The van der Waals surface area contributed by atoms with Crippen molar-refractivity contribution in [1.29, 1.82) is 0 Å². The van der Waals surface area contributed by atoms with E-state index in [1.807, 2.05) is 13.8 Å². The fraction of sp³-hybridized carbons (Fsp3) is 0.571. The molecule has 21 heavy (non-hydrogen) atoms. The molecule has 0 heterocycles. The molecule has 7 heteroatoms. The predicted molar refractivity (Wildman–Crippen MR) is 89.8 cm³/mol. The molecule has 0 spiro atoms. The Hall–Kier alpha value is -0.460. The van der Waals surface area contributed by atoms with Gasteiger partial charge in [-0.25, -0.2) is 8.42 Å². The molecule has 0 bridgehead atoms. The lowest BCUT2D eigenvalue weighted by Crippen LogP contribution is -2.21. The van der Waals surface area contributed by atoms with Gasteiger partial charge < -0.3 is 9.47 Å². The number of alkyl halides is 1. The summed E-state index contributed by atoms with van der Waals surface area (Å²) in [4.78, 5) is -0.421. The maximum atomic E-state index is 11.7. The van der Waals surface area contributed by atoms with Crippen LogP contribution in [-0.4, -0.2) is 33.1 Å². The molecular formula is C14H20BrClO4S. The summed E-state index contributed by atoms with van der Waals surface area (Å²) < 4.78 is 34.5. The summed E-state index contributed by atoms with van der Waals surface area (Å²) in [6, 6.07) is 3.40. The Labute approximate surface area is 139 Å². The Morgan fingerprint density at radius 3 is 2.10 bits per heavy atom. The van der Waals surface area contributed by atoms with Crippen molar-refractivity contribution in [2.24, 2.45) is 0 Å². The second kappa shape index (κ2) is 7.70. The van der Waals surface area contributed by atoms with Crippen LogP contribution in [0.25, 0.3) is 0 Å². The molecule has 4 nitrogen and oxygen atoms in total. The lowest BCUT2D eigenvalue weighted by Gasteiger charge is -2.20. The Morgan fingerprint density at radius 1 is 1.19 bits per heavy atom. The number of benzene rings is 1. The molecule has 2 atom stereocenters. The van der Waals surface area contributed by atoms with Gasteiger partial charge in [0.15, 0.2) is 21.3 Å². The molecule has 0 saturated carbocycles. The number of sulfone groups is 1. The minimum absolute atomic E-state index is 0.421. The van der Waals surface area contributed by atoms with Crippen molar-refractivity contribution in [3.8, 4) is 11.5 Å². The van der Waals surface area contributed by atoms with Gasteiger partial charge in [0.2, 0.25) is 0 Å². The molecule has 0 fully saturated rings. The molecule has 2 unspecified atom stereocenters. The maximum Gasteiger partial charge on any atom is 0.162 e. The molecular weight excluding hydrogens is 380 g/mol. The average Bonchev–Trinajstić information content (AvgIpc) is 2.39. The van der Waals surface area contributed by atoms with Crippen molar-refractivity contribution in [2.45, 2.75) is 30.8 Å². The van der Waals surface area contributed by atoms with E-state index in [0.717, 1.165) is 0 Å². The van der Waals surface area contributed by atoms with Gasteiger partial charge in [-0.1, -0.05) is 27.5 Å². The van der Waals surface area contributed by atoms with Gasteiger partial charge in [-0.2, -0.15) is 0 Å². The third-order valence-electron chi connectivity index (χ3n) is 3.05. The second-order valence-corrected chi connectivity index (χ2v) is 8.42. The van der Waals surface area contributed by atoms with E-state index in [0.29, 0.717) is 35.3 Å². The summed E-state index contributed by atoms with van der Waals surface area (Å²) in [7, 11) is -3.19. The minimum atomic E-state index is -3.19. The molecule has 0 aliphatic heterocycles. The fourth-order valence-corrected chi connectivity index (χ4v) is 4.31. The molecule has 0 aliphatic carbocycles. The van der Waals surface area contributed by atoms with E-state index < -0.39 is 19.9 Å². The lowest BCUT2D eigenvalue weighted by molar-refractivity contribution is 0.287. The largest absolute Gasteiger partial charge is 0.490 e. The highest BCUT2D eigenvalue weighted by molar-refractivity contribution is 9.09. The van der Waals surface area contributed by atoms with Crippen LogP contribution in [0.5, 0.6) is 11.5 Å². The fourth-order valence-electron chi connectivity index (χ4n) is 1.77. The average molecular weight is 400 g/mol. The first-order valence-corrected chi connectivity index (χ1v) is 9.89. The van der Waals surface area contributed by atoms with Crippen LogP contribution in [-0.2, 0) is 9.84 Å².